The topological polar surface area (TPSA) is 51.2 Å². The van der Waals surface area contributed by atoms with Gasteiger partial charge in [0.25, 0.3) is 0 Å². The molecule has 1 heterocycles. The van der Waals surface area contributed by atoms with Crippen molar-refractivity contribution in [3.63, 3.8) is 0 Å². The van der Waals surface area contributed by atoms with E-state index >= 15 is 0 Å². The molecular weight excluding hydrogens is 260 g/mol. The van der Waals surface area contributed by atoms with Crippen LogP contribution in [0.1, 0.15) is 59.6 Å². The Balaban J connectivity index is 2.23. The molecule has 0 aliphatic heterocycles. The summed E-state index contributed by atoms with van der Waals surface area (Å²) in [7, 11) is 0. The van der Waals surface area contributed by atoms with Gasteiger partial charge in [-0.2, -0.15) is 0 Å². The minimum atomic E-state index is 0.0762. The fraction of sp³-hybridized carbons (Fsp3) is 0.444. The molecule has 114 valence electrons. The predicted molar refractivity (Wildman–Crippen MR) is 87.2 cm³/mol. The number of nitrogens with two attached hydrogens (primary N) is 1. The van der Waals surface area contributed by atoms with Crippen molar-refractivity contribution < 1.29 is 4.42 Å². The number of aryl methyl sites for hydroxylation is 2. The van der Waals surface area contributed by atoms with Crippen molar-refractivity contribution in [3.8, 4) is 0 Å². The average molecular weight is 286 g/mol. The van der Waals surface area contributed by atoms with Crippen molar-refractivity contribution in [3.05, 3.63) is 58.0 Å². The summed E-state index contributed by atoms with van der Waals surface area (Å²) < 4.78 is 5.72. The van der Waals surface area contributed by atoms with Crippen LogP contribution in [0.5, 0.6) is 0 Å². The van der Waals surface area contributed by atoms with Gasteiger partial charge in [-0.3, -0.25) is 11.3 Å². The molecule has 2 aromatic rings. The molecule has 1 unspecified atom stereocenters. The van der Waals surface area contributed by atoms with Gasteiger partial charge in [0.2, 0.25) is 0 Å². The minimum Gasteiger partial charge on any atom is -0.466 e. The van der Waals surface area contributed by atoms with E-state index in [4.69, 9.17) is 10.3 Å². The number of hydrogen-bond donors (Lipinski definition) is 2. The van der Waals surface area contributed by atoms with Crippen LogP contribution in [-0.4, -0.2) is 0 Å². The first-order valence-corrected chi connectivity index (χ1v) is 7.55. The molecular formula is C18H26N2O. The molecule has 3 nitrogen and oxygen atoms in total. The van der Waals surface area contributed by atoms with Crippen molar-refractivity contribution in [2.24, 2.45) is 5.84 Å². The summed E-state index contributed by atoms with van der Waals surface area (Å²) in [5.74, 6) is 8.27. The Kier molecular flexibility index (Phi) is 4.86. The third-order valence-corrected chi connectivity index (χ3v) is 4.25. The third kappa shape index (κ3) is 3.36. The summed E-state index contributed by atoms with van der Waals surface area (Å²) in [6.07, 6.45) is 0.857. The maximum absolute atomic E-state index is 5.79. The van der Waals surface area contributed by atoms with Crippen LogP contribution in [0.4, 0.5) is 0 Å². The van der Waals surface area contributed by atoms with Crippen molar-refractivity contribution >= 4 is 0 Å². The lowest BCUT2D eigenvalue weighted by atomic mass is 9.94. The average Bonchev–Trinajstić information content (AvgIpc) is 2.70. The van der Waals surface area contributed by atoms with E-state index in [9.17, 15) is 0 Å². The maximum atomic E-state index is 5.79. The number of furan rings is 1. The molecule has 0 fully saturated rings. The summed E-state index contributed by atoms with van der Waals surface area (Å²) in [5.41, 5.74) is 7.95. The molecule has 0 bridgehead atoms. The van der Waals surface area contributed by atoms with Gasteiger partial charge in [0, 0.05) is 5.56 Å². The molecule has 0 saturated carbocycles. The molecule has 1 aromatic heterocycles. The van der Waals surface area contributed by atoms with E-state index in [2.05, 4.69) is 50.5 Å². The van der Waals surface area contributed by atoms with Crippen molar-refractivity contribution in [1.82, 2.24) is 5.43 Å². The Morgan fingerprint density at radius 2 is 1.67 bits per heavy atom. The molecule has 0 amide bonds. The highest BCUT2D eigenvalue weighted by Gasteiger charge is 2.20. The zero-order valence-corrected chi connectivity index (χ0v) is 13.7. The van der Waals surface area contributed by atoms with E-state index < -0.39 is 0 Å². The van der Waals surface area contributed by atoms with Gasteiger partial charge in [0.05, 0.1) is 6.04 Å². The Morgan fingerprint density at radius 3 is 2.10 bits per heavy atom. The van der Waals surface area contributed by atoms with E-state index in [-0.39, 0.29) is 6.04 Å². The monoisotopic (exact) mass is 286 g/mol. The number of benzene rings is 1. The van der Waals surface area contributed by atoms with Crippen LogP contribution in [0, 0.1) is 20.8 Å². The fourth-order valence-electron chi connectivity index (χ4n) is 2.84. The van der Waals surface area contributed by atoms with E-state index in [0.717, 1.165) is 17.9 Å². The molecule has 3 heteroatoms. The van der Waals surface area contributed by atoms with Crippen LogP contribution in [0.3, 0.4) is 0 Å². The van der Waals surface area contributed by atoms with E-state index in [1.54, 1.807) is 0 Å². The SMILES string of the molecule is Cc1oc(C)c(C(Cc2ccc(C(C)C)cc2)NN)c1C. The van der Waals surface area contributed by atoms with Crippen molar-refractivity contribution in [1.29, 1.82) is 0 Å². The first kappa shape index (κ1) is 15.8. The van der Waals surface area contributed by atoms with Crippen LogP contribution in [0.15, 0.2) is 28.7 Å². The van der Waals surface area contributed by atoms with Gasteiger partial charge in [-0.1, -0.05) is 38.1 Å². The molecule has 3 N–H and O–H groups in total. The van der Waals surface area contributed by atoms with Crippen molar-refractivity contribution in [2.45, 2.75) is 53.0 Å². The van der Waals surface area contributed by atoms with Crippen LogP contribution in [-0.2, 0) is 6.42 Å². The first-order valence-electron chi connectivity index (χ1n) is 7.55. The van der Waals surface area contributed by atoms with Crippen molar-refractivity contribution in [2.75, 3.05) is 0 Å². The summed E-state index contributed by atoms with van der Waals surface area (Å²) in [5, 5.41) is 0. The van der Waals surface area contributed by atoms with Crippen LogP contribution in [0.2, 0.25) is 0 Å². The van der Waals surface area contributed by atoms with Gasteiger partial charge in [-0.15, -0.1) is 0 Å². The lowest BCUT2D eigenvalue weighted by Crippen LogP contribution is -2.30. The highest BCUT2D eigenvalue weighted by Crippen LogP contribution is 2.29. The van der Waals surface area contributed by atoms with Gasteiger partial charge in [0.15, 0.2) is 0 Å². The van der Waals surface area contributed by atoms with E-state index in [0.29, 0.717) is 5.92 Å². The number of rotatable bonds is 5. The highest BCUT2D eigenvalue weighted by atomic mass is 16.3. The second-order valence-electron chi connectivity index (χ2n) is 6.07. The highest BCUT2D eigenvalue weighted by molar-refractivity contribution is 5.36. The van der Waals surface area contributed by atoms with Gasteiger partial charge in [0.1, 0.15) is 11.5 Å². The molecule has 2 rings (SSSR count). The van der Waals surface area contributed by atoms with Gasteiger partial charge >= 0.3 is 0 Å². The summed E-state index contributed by atoms with van der Waals surface area (Å²) in [6, 6.07) is 8.86. The van der Waals surface area contributed by atoms with Gasteiger partial charge < -0.3 is 4.42 Å². The van der Waals surface area contributed by atoms with Crippen LogP contribution >= 0.6 is 0 Å². The number of hydrogen-bond acceptors (Lipinski definition) is 3. The lowest BCUT2D eigenvalue weighted by Gasteiger charge is -2.17. The van der Waals surface area contributed by atoms with Crippen LogP contribution in [0.25, 0.3) is 0 Å². The normalized spacial score (nSPS) is 12.9. The Labute approximate surface area is 127 Å². The van der Waals surface area contributed by atoms with Gasteiger partial charge in [-0.25, -0.2) is 0 Å². The molecule has 21 heavy (non-hydrogen) atoms. The smallest absolute Gasteiger partial charge is 0.106 e. The second-order valence-corrected chi connectivity index (χ2v) is 6.07. The molecule has 0 aliphatic carbocycles. The molecule has 0 spiro atoms. The van der Waals surface area contributed by atoms with E-state index in [1.807, 2.05) is 13.8 Å². The zero-order valence-electron chi connectivity index (χ0n) is 13.7. The standard InChI is InChI=1S/C18H26N2O/c1-11(2)16-8-6-15(7-9-16)10-17(20-19)18-12(3)13(4)21-14(18)5/h6-9,11,17,20H,10,19H2,1-5H3. The summed E-state index contributed by atoms with van der Waals surface area (Å²) in [6.45, 7) is 10.5. The molecule has 1 atom stereocenters. The quantitative estimate of drug-likeness (QED) is 0.643. The minimum absolute atomic E-state index is 0.0762. The van der Waals surface area contributed by atoms with Gasteiger partial charge in [-0.05, 0) is 49.8 Å². The summed E-state index contributed by atoms with van der Waals surface area (Å²) in [4.78, 5) is 0. The predicted octanol–water partition coefficient (Wildman–Crippen LogP) is 4.08. The number of nitrogens with one attached hydrogen (secondary N) is 1. The lowest BCUT2D eigenvalue weighted by molar-refractivity contribution is 0.484. The second kappa shape index (κ2) is 6.46. The molecule has 0 aliphatic rings. The Morgan fingerprint density at radius 1 is 1.05 bits per heavy atom. The maximum Gasteiger partial charge on any atom is 0.106 e. The third-order valence-electron chi connectivity index (χ3n) is 4.25. The molecule has 0 radical (unpaired) electrons. The largest absolute Gasteiger partial charge is 0.466 e. The molecule has 1 aromatic carbocycles. The number of hydrazine groups is 1. The first-order chi connectivity index (χ1) is 9.93. The van der Waals surface area contributed by atoms with Crippen LogP contribution < -0.4 is 11.3 Å². The fourth-order valence-corrected chi connectivity index (χ4v) is 2.84. The molecule has 0 saturated heterocycles. The van der Waals surface area contributed by atoms with E-state index in [1.165, 1.54) is 22.3 Å². The summed E-state index contributed by atoms with van der Waals surface area (Å²) >= 11 is 0. The Bertz CT molecular complexity index is 596. The Hall–Kier alpha value is -1.58. The zero-order chi connectivity index (χ0) is 15.6.